The summed E-state index contributed by atoms with van der Waals surface area (Å²) < 4.78 is 15.9. The Hall–Kier alpha value is -2.60. The van der Waals surface area contributed by atoms with Crippen molar-refractivity contribution in [3.63, 3.8) is 0 Å². The molecule has 1 saturated heterocycles. The second kappa shape index (κ2) is 5.46. The van der Waals surface area contributed by atoms with Crippen LogP contribution in [0.5, 0.6) is 0 Å². The first-order valence-electron chi connectivity index (χ1n) is 8.12. The molecule has 4 atom stereocenters. The van der Waals surface area contributed by atoms with E-state index in [1.54, 1.807) is 6.92 Å². The van der Waals surface area contributed by atoms with Crippen molar-refractivity contribution in [1.82, 2.24) is 0 Å². The number of aliphatic hydroxyl groups excluding tert-OH is 1. The molecule has 1 aliphatic carbocycles. The van der Waals surface area contributed by atoms with Crippen LogP contribution in [0.3, 0.4) is 0 Å². The fourth-order valence-corrected chi connectivity index (χ4v) is 3.77. The molecule has 1 aromatic carbocycles. The first kappa shape index (κ1) is 15.9. The number of carbonyl (C=O) groups is 2. The number of benzene rings is 1. The number of aliphatic hydroxyl groups is 1. The number of carbonyl (C=O) groups excluding carboxylic acids is 2. The normalized spacial score (nSPS) is 31.5. The number of hydrogen-bond acceptors (Lipinski definition) is 6. The molecule has 1 aromatic rings. The van der Waals surface area contributed by atoms with Crippen LogP contribution in [0.1, 0.15) is 41.4 Å². The first-order chi connectivity index (χ1) is 11.9. The Kier molecular flexibility index (Phi) is 3.47. The molecule has 0 amide bonds. The molecule has 0 spiro atoms. The zero-order valence-corrected chi connectivity index (χ0v) is 14.1. The highest BCUT2D eigenvalue weighted by atomic mass is 16.7. The molecular weight excluding hydrogens is 324 g/mol. The fourth-order valence-electron chi connectivity index (χ4n) is 3.77. The van der Waals surface area contributed by atoms with Crippen molar-refractivity contribution < 1.29 is 28.9 Å². The third-order valence-corrected chi connectivity index (χ3v) is 5.06. The maximum Gasteiger partial charge on any atom is 0.338 e. The standard InChI is InChI=1S/C19H18O6/c1-8-4-5-9(2)14-13(8)16(20)15-11(19(22)25-17(14)15)7-23-12-6-10(3)18(21)24-12/h4-7,12,15-17,20H,1-3H3/b11-7+/t12?,15-,16+,17+/m0/s1. The Morgan fingerprint density at radius 3 is 2.36 bits per heavy atom. The largest absolute Gasteiger partial charge is 0.458 e. The van der Waals surface area contributed by atoms with E-state index in [2.05, 4.69) is 0 Å². The molecule has 25 heavy (non-hydrogen) atoms. The minimum Gasteiger partial charge on any atom is -0.458 e. The molecule has 0 aromatic heterocycles. The number of fused-ring (bicyclic) bond motifs is 3. The van der Waals surface area contributed by atoms with Gasteiger partial charge in [-0.25, -0.2) is 9.59 Å². The lowest BCUT2D eigenvalue weighted by Crippen LogP contribution is -2.14. The molecule has 1 N–H and O–H groups in total. The fraction of sp³-hybridized carbons (Fsp3) is 0.368. The summed E-state index contributed by atoms with van der Waals surface area (Å²) in [7, 11) is 0. The predicted molar refractivity (Wildman–Crippen MR) is 86.0 cm³/mol. The lowest BCUT2D eigenvalue weighted by molar-refractivity contribution is -0.152. The number of cyclic esters (lactones) is 1. The first-order valence-corrected chi connectivity index (χ1v) is 8.12. The summed E-state index contributed by atoms with van der Waals surface area (Å²) in [5.41, 5.74) is 4.33. The van der Waals surface area contributed by atoms with Crippen LogP contribution < -0.4 is 0 Å². The van der Waals surface area contributed by atoms with Gasteiger partial charge >= 0.3 is 11.9 Å². The Morgan fingerprint density at radius 1 is 1.04 bits per heavy atom. The van der Waals surface area contributed by atoms with E-state index in [4.69, 9.17) is 14.2 Å². The number of hydrogen-bond donors (Lipinski definition) is 1. The topological polar surface area (TPSA) is 82.1 Å². The van der Waals surface area contributed by atoms with Crippen LogP contribution in [-0.4, -0.2) is 23.3 Å². The molecule has 0 saturated carbocycles. The lowest BCUT2D eigenvalue weighted by Gasteiger charge is -2.14. The quantitative estimate of drug-likeness (QED) is 0.504. The van der Waals surface area contributed by atoms with Gasteiger partial charge in [0.25, 0.3) is 6.29 Å². The van der Waals surface area contributed by atoms with Crippen LogP contribution >= 0.6 is 0 Å². The van der Waals surface area contributed by atoms with Crippen LogP contribution in [0.15, 0.2) is 35.6 Å². The molecule has 4 rings (SSSR count). The van der Waals surface area contributed by atoms with Crippen molar-refractivity contribution >= 4 is 11.9 Å². The second-order valence-corrected chi connectivity index (χ2v) is 6.66. The smallest absolute Gasteiger partial charge is 0.338 e. The number of ether oxygens (including phenoxy) is 3. The molecule has 3 aliphatic rings. The molecule has 0 bridgehead atoms. The van der Waals surface area contributed by atoms with E-state index in [1.807, 2.05) is 26.0 Å². The van der Waals surface area contributed by atoms with Gasteiger partial charge in [-0.15, -0.1) is 0 Å². The van der Waals surface area contributed by atoms with Crippen molar-refractivity contribution in [1.29, 1.82) is 0 Å². The Morgan fingerprint density at radius 2 is 1.72 bits per heavy atom. The average Bonchev–Trinajstić information content (AvgIpc) is 3.15. The van der Waals surface area contributed by atoms with Crippen molar-refractivity contribution in [3.05, 3.63) is 57.9 Å². The number of rotatable bonds is 2. The highest BCUT2D eigenvalue weighted by Crippen LogP contribution is 2.55. The van der Waals surface area contributed by atoms with Gasteiger partial charge in [-0.05, 0) is 37.5 Å². The monoisotopic (exact) mass is 342 g/mol. The third kappa shape index (κ3) is 2.28. The predicted octanol–water partition coefficient (Wildman–Crippen LogP) is 2.29. The SMILES string of the molecule is CC1=CC(O/C=C2/C(=O)O[C@@H]3c4c(C)ccc(C)c4[C@@H](O)[C@H]23)OC1=O. The summed E-state index contributed by atoms with van der Waals surface area (Å²) in [5, 5.41) is 10.8. The molecule has 6 nitrogen and oxygen atoms in total. The molecular formula is C19H18O6. The highest BCUT2D eigenvalue weighted by Gasteiger charge is 2.53. The average molecular weight is 342 g/mol. The zero-order chi connectivity index (χ0) is 17.9. The van der Waals surface area contributed by atoms with E-state index in [1.165, 1.54) is 12.3 Å². The minimum atomic E-state index is -0.865. The maximum absolute atomic E-state index is 12.3. The molecule has 1 unspecified atom stereocenters. The highest BCUT2D eigenvalue weighted by molar-refractivity contribution is 5.92. The van der Waals surface area contributed by atoms with Crippen LogP contribution in [0.4, 0.5) is 0 Å². The third-order valence-electron chi connectivity index (χ3n) is 5.06. The summed E-state index contributed by atoms with van der Waals surface area (Å²) >= 11 is 0. The molecule has 0 radical (unpaired) electrons. The van der Waals surface area contributed by atoms with Crippen LogP contribution in [0.2, 0.25) is 0 Å². The van der Waals surface area contributed by atoms with Crippen LogP contribution in [0.25, 0.3) is 0 Å². The summed E-state index contributed by atoms with van der Waals surface area (Å²) in [6, 6.07) is 3.91. The second-order valence-electron chi connectivity index (χ2n) is 6.66. The summed E-state index contributed by atoms with van der Waals surface area (Å²) in [6.45, 7) is 5.49. The van der Waals surface area contributed by atoms with Gasteiger partial charge in [0.15, 0.2) is 0 Å². The molecule has 2 aliphatic heterocycles. The molecule has 6 heteroatoms. The van der Waals surface area contributed by atoms with Crippen LogP contribution in [0, 0.1) is 19.8 Å². The van der Waals surface area contributed by atoms with E-state index >= 15 is 0 Å². The van der Waals surface area contributed by atoms with Gasteiger partial charge in [-0.3, -0.25) is 0 Å². The van der Waals surface area contributed by atoms with Gasteiger partial charge in [0, 0.05) is 17.2 Å². The molecule has 1 fully saturated rings. The van der Waals surface area contributed by atoms with Crippen molar-refractivity contribution in [3.8, 4) is 0 Å². The summed E-state index contributed by atoms with van der Waals surface area (Å²) in [5.74, 6) is -1.50. The van der Waals surface area contributed by atoms with E-state index in [9.17, 15) is 14.7 Å². The Labute approximate surface area is 144 Å². The van der Waals surface area contributed by atoms with Crippen molar-refractivity contribution in [2.24, 2.45) is 5.92 Å². The van der Waals surface area contributed by atoms with Gasteiger partial charge < -0.3 is 19.3 Å². The van der Waals surface area contributed by atoms with Gasteiger partial charge in [-0.2, -0.15) is 0 Å². The van der Waals surface area contributed by atoms with Gasteiger partial charge in [0.2, 0.25) is 0 Å². The van der Waals surface area contributed by atoms with E-state index in [0.717, 1.165) is 22.3 Å². The minimum absolute atomic E-state index is 0.251. The van der Waals surface area contributed by atoms with Crippen molar-refractivity contribution in [2.75, 3.05) is 0 Å². The lowest BCUT2D eigenvalue weighted by atomic mass is 9.95. The Balaban J connectivity index is 1.66. The summed E-state index contributed by atoms with van der Waals surface area (Å²) in [4.78, 5) is 23.6. The van der Waals surface area contributed by atoms with Gasteiger partial charge in [-0.1, -0.05) is 12.1 Å². The molecule has 130 valence electrons. The van der Waals surface area contributed by atoms with Crippen LogP contribution in [-0.2, 0) is 23.8 Å². The number of aryl methyl sites for hydroxylation is 2. The number of esters is 2. The summed E-state index contributed by atoms with van der Waals surface area (Å²) in [6.07, 6.45) is 0.557. The van der Waals surface area contributed by atoms with E-state index in [0.29, 0.717) is 5.57 Å². The van der Waals surface area contributed by atoms with Crippen molar-refractivity contribution in [2.45, 2.75) is 39.3 Å². The van der Waals surface area contributed by atoms with Gasteiger partial charge in [0.1, 0.15) is 6.10 Å². The Bertz CT molecular complexity index is 850. The molecule has 2 heterocycles. The van der Waals surface area contributed by atoms with E-state index in [-0.39, 0.29) is 5.57 Å². The van der Waals surface area contributed by atoms with Gasteiger partial charge in [0.05, 0.1) is 23.9 Å². The maximum atomic E-state index is 12.3. The van der Waals surface area contributed by atoms with E-state index < -0.39 is 36.4 Å². The zero-order valence-electron chi connectivity index (χ0n) is 14.1.